The van der Waals surface area contributed by atoms with E-state index >= 15 is 8.78 Å². The van der Waals surface area contributed by atoms with E-state index in [9.17, 15) is 22.0 Å². The molecule has 6 rings (SSSR count). The monoisotopic (exact) mass is 568 g/mol. The third-order valence-corrected chi connectivity index (χ3v) is 9.74. The van der Waals surface area contributed by atoms with Crippen LogP contribution in [0.3, 0.4) is 0 Å². The maximum Gasteiger partial charge on any atom is 0.339 e. The molecule has 1 saturated carbocycles. The molecule has 2 aromatic rings. The van der Waals surface area contributed by atoms with Crippen molar-refractivity contribution in [3.05, 3.63) is 68.6 Å². The van der Waals surface area contributed by atoms with Gasteiger partial charge in [0.05, 0.1) is 23.0 Å². The molecule has 1 unspecified atom stereocenters. The molecule has 2 aliphatic carbocycles. The lowest BCUT2D eigenvalue weighted by Crippen LogP contribution is -2.44. The molecular formula is C24H20F4N4O4S2. The second kappa shape index (κ2) is 8.71. The highest BCUT2D eigenvalue weighted by atomic mass is 32.2. The Labute approximate surface area is 218 Å². The smallest absolute Gasteiger partial charge is 0.339 e. The SMILES string of the molecule is CCOC(=O)C1=C2C[C@H](NS(=O)(=O)C3CC3)CN2C(c2nccs2)=NC12C(F)=C(F)c1c2ccc(F)c1F. The van der Waals surface area contributed by atoms with Gasteiger partial charge in [-0.25, -0.2) is 45.5 Å². The Hall–Kier alpha value is -3.10. The summed E-state index contributed by atoms with van der Waals surface area (Å²) in [6.45, 7) is 1.42. The number of thiazole rings is 1. The van der Waals surface area contributed by atoms with Gasteiger partial charge in [0.1, 0.15) is 0 Å². The lowest BCUT2D eigenvalue weighted by molar-refractivity contribution is -0.139. The van der Waals surface area contributed by atoms with E-state index in [4.69, 9.17) is 4.74 Å². The highest BCUT2D eigenvalue weighted by Crippen LogP contribution is 2.57. The summed E-state index contributed by atoms with van der Waals surface area (Å²) in [4.78, 5) is 23.7. The molecule has 0 amide bonds. The number of esters is 1. The quantitative estimate of drug-likeness (QED) is 0.422. The number of hydrogen-bond donors (Lipinski definition) is 1. The summed E-state index contributed by atoms with van der Waals surface area (Å²) >= 11 is 1.13. The van der Waals surface area contributed by atoms with Crippen LogP contribution in [-0.4, -0.2) is 54.6 Å². The van der Waals surface area contributed by atoms with Crippen LogP contribution >= 0.6 is 11.3 Å². The van der Waals surface area contributed by atoms with Gasteiger partial charge in [-0.3, -0.25) is 0 Å². The number of ether oxygens (including phenoxy) is 1. The number of aliphatic imine (C=N–C) groups is 1. The topological polar surface area (TPSA) is 101 Å². The van der Waals surface area contributed by atoms with Crippen LogP contribution in [-0.2, 0) is 25.1 Å². The van der Waals surface area contributed by atoms with Gasteiger partial charge >= 0.3 is 5.97 Å². The van der Waals surface area contributed by atoms with Crippen molar-refractivity contribution in [2.75, 3.05) is 13.2 Å². The van der Waals surface area contributed by atoms with Crippen molar-refractivity contribution >= 4 is 39.0 Å². The van der Waals surface area contributed by atoms with E-state index in [1.807, 2.05) is 0 Å². The van der Waals surface area contributed by atoms with Crippen LogP contribution in [0.1, 0.15) is 42.3 Å². The molecule has 4 aliphatic rings. The van der Waals surface area contributed by atoms with Gasteiger partial charge in [0.15, 0.2) is 39.7 Å². The summed E-state index contributed by atoms with van der Waals surface area (Å²) in [6.07, 6.45) is 2.45. The number of halogens is 4. The third-order valence-electron chi connectivity index (χ3n) is 6.96. The van der Waals surface area contributed by atoms with Gasteiger partial charge in [0, 0.05) is 41.8 Å². The summed E-state index contributed by atoms with van der Waals surface area (Å²) in [6, 6.07) is 0.963. The predicted octanol–water partition coefficient (Wildman–Crippen LogP) is 3.67. The minimum atomic E-state index is -3.64. The largest absolute Gasteiger partial charge is 0.462 e. The van der Waals surface area contributed by atoms with E-state index < -0.39 is 72.8 Å². The molecule has 38 heavy (non-hydrogen) atoms. The predicted molar refractivity (Wildman–Crippen MR) is 130 cm³/mol. The van der Waals surface area contributed by atoms with Gasteiger partial charge in [-0.15, -0.1) is 11.3 Å². The Morgan fingerprint density at radius 3 is 2.68 bits per heavy atom. The fraction of sp³-hybridized carbons (Fsp3) is 0.375. The van der Waals surface area contributed by atoms with Gasteiger partial charge in [0.2, 0.25) is 10.0 Å². The molecule has 2 aliphatic heterocycles. The normalized spacial score (nSPS) is 24.7. The zero-order chi connectivity index (χ0) is 27.0. The second-order valence-electron chi connectivity index (χ2n) is 9.31. The van der Waals surface area contributed by atoms with Crippen LogP contribution in [0.4, 0.5) is 17.6 Å². The van der Waals surface area contributed by atoms with Gasteiger partial charge in [0.25, 0.3) is 0 Å². The van der Waals surface area contributed by atoms with Crippen LogP contribution in [0.15, 0.2) is 45.8 Å². The zero-order valence-electron chi connectivity index (χ0n) is 19.8. The van der Waals surface area contributed by atoms with Crippen molar-refractivity contribution in [1.29, 1.82) is 0 Å². The van der Waals surface area contributed by atoms with Crippen LogP contribution in [0.25, 0.3) is 5.83 Å². The van der Waals surface area contributed by atoms with E-state index in [1.165, 1.54) is 18.0 Å². The van der Waals surface area contributed by atoms with Crippen LogP contribution in [0.2, 0.25) is 0 Å². The van der Waals surface area contributed by atoms with E-state index in [-0.39, 0.29) is 36.1 Å². The fourth-order valence-corrected chi connectivity index (χ4v) is 7.44. The molecule has 0 radical (unpaired) electrons. The van der Waals surface area contributed by atoms with E-state index in [0.29, 0.717) is 18.9 Å². The number of rotatable bonds is 6. The fourth-order valence-electron chi connectivity index (χ4n) is 5.23. The van der Waals surface area contributed by atoms with E-state index in [2.05, 4.69) is 14.7 Å². The van der Waals surface area contributed by atoms with Crippen molar-refractivity contribution in [1.82, 2.24) is 14.6 Å². The summed E-state index contributed by atoms with van der Waals surface area (Å²) in [5, 5.41) is 1.40. The molecule has 200 valence electrons. The third kappa shape index (κ3) is 3.57. The first-order valence-corrected chi connectivity index (χ1v) is 14.3. The molecule has 1 aromatic heterocycles. The number of sulfonamides is 1. The minimum Gasteiger partial charge on any atom is -0.462 e. The second-order valence-corrected chi connectivity index (χ2v) is 12.2. The van der Waals surface area contributed by atoms with Crippen LogP contribution in [0.5, 0.6) is 0 Å². The van der Waals surface area contributed by atoms with Gasteiger partial charge in [-0.1, -0.05) is 6.07 Å². The maximum atomic E-state index is 16.1. The van der Waals surface area contributed by atoms with Gasteiger partial charge < -0.3 is 9.64 Å². The Kier molecular flexibility index (Phi) is 5.78. The molecule has 1 aromatic carbocycles. The van der Waals surface area contributed by atoms with Crippen molar-refractivity contribution in [2.24, 2.45) is 4.99 Å². The maximum absolute atomic E-state index is 16.1. The Morgan fingerprint density at radius 2 is 2.03 bits per heavy atom. The standard InChI is InChI=1S/C24H20F4N4O4S2/c1-2-36-23(33)17-15-9-11(31-38(34,35)12-3-4-12)10-32(15)21(22-29-7-8-37-22)30-24(17)13-5-6-14(25)18(26)16(13)19(27)20(24)28/h5-8,11-12,31H,2-4,9-10H2,1H3/t11-,24?/m0/s1. The first kappa shape index (κ1) is 25.2. The first-order valence-electron chi connectivity index (χ1n) is 11.8. The van der Waals surface area contributed by atoms with Crippen molar-refractivity contribution < 1.29 is 35.5 Å². The number of aromatic nitrogens is 1. The molecule has 8 nitrogen and oxygen atoms in total. The van der Waals surface area contributed by atoms with Crippen molar-refractivity contribution in [3.63, 3.8) is 0 Å². The van der Waals surface area contributed by atoms with Crippen molar-refractivity contribution in [2.45, 2.75) is 43.0 Å². The molecule has 1 saturated heterocycles. The molecule has 1 N–H and O–H groups in total. The first-order chi connectivity index (χ1) is 18.1. The average Bonchev–Trinajstić information content (AvgIpc) is 3.40. The molecule has 1 spiro atoms. The summed E-state index contributed by atoms with van der Waals surface area (Å²) in [7, 11) is -3.64. The molecular weight excluding hydrogens is 548 g/mol. The Bertz CT molecular complexity index is 1570. The summed E-state index contributed by atoms with van der Waals surface area (Å²) in [5.74, 6) is -7.29. The minimum absolute atomic E-state index is 0.0249. The molecule has 3 heterocycles. The number of amidine groups is 1. The Morgan fingerprint density at radius 1 is 1.26 bits per heavy atom. The molecule has 2 fully saturated rings. The highest BCUT2D eigenvalue weighted by Gasteiger charge is 2.59. The van der Waals surface area contributed by atoms with Crippen molar-refractivity contribution in [3.8, 4) is 0 Å². The molecule has 2 atom stereocenters. The lowest BCUT2D eigenvalue weighted by Gasteiger charge is -2.37. The zero-order valence-corrected chi connectivity index (χ0v) is 21.4. The number of benzene rings is 1. The summed E-state index contributed by atoms with van der Waals surface area (Å²) in [5.41, 5.74) is -4.18. The number of hydrogen-bond acceptors (Lipinski definition) is 8. The van der Waals surface area contributed by atoms with E-state index in [1.54, 1.807) is 5.38 Å². The lowest BCUT2D eigenvalue weighted by atomic mass is 9.81. The number of nitrogens with zero attached hydrogens (tertiary/aromatic N) is 3. The molecule has 0 bridgehead atoms. The van der Waals surface area contributed by atoms with E-state index in [0.717, 1.165) is 17.4 Å². The summed E-state index contributed by atoms with van der Waals surface area (Å²) < 4.78 is 93.6. The number of nitrogens with one attached hydrogen (secondary N) is 1. The number of carbonyl (C=O) groups excluding carboxylic acids is 1. The Balaban J connectivity index is 1.61. The molecule has 14 heteroatoms. The van der Waals surface area contributed by atoms with Gasteiger partial charge in [-0.05, 0) is 25.8 Å². The highest BCUT2D eigenvalue weighted by molar-refractivity contribution is 7.90. The van der Waals surface area contributed by atoms with Crippen LogP contribution < -0.4 is 4.72 Å². The van der Waals surface area contributed by atoms with Gasteiger partial charge in [-0.2, -0.15) is 0 Å². The number of carbonyl (C=O) groups is 1. The average molecular weight is 569 g/mol. The number of fused-ring (bicyclic) bond motifs is 3. The van der Waals surface area contributed by atoms with Crippen LogP contribution in [0, 0.1) is 11.6 Å².